The van der Waals surface area contributed by atoms with E-state index >= 15 is 0 Å². The third-order valence-electron chi connectivity index (χ3n) is 5.40. The molecule has 6 nitrogen and oxygen atoms in total. The number of nitrogens with one attached hydrogen (secondary N) is 2. The highest BCUT2D eigenvalue weighted by atomic mass is 32.2. The Morgan fingerprint density at radius 1 is 1.12 bits per heavy atom. The van der Waals surface area contributed by atoms with Crippen molar-refractivity contribution in [2.45, 2.75) is 30.0 Å². The minimum absolute atomic E-state index is 0.00112. The van der Waals surface area contributed by atoms with Crippen LogP contribution >= 0.6 is 0 Å². The molecule has 0 bridgehead atoms. The highest BCUT2D eigenvalue weighted by Gasteiger charge is 2.31. The Kier molecular flexibility index (Phi) is 8.16. The third kappa shape index (κ3) is 6.68. The molecule has 1 aliphatic rings. The molecule has 0 amide bonds. The van der Waals surface area contributed by atoms with Gasteiger partial charge in [-0.15, -0.1) is 0 Å². The van der Waals surface area contributed by atoms with E-state index in [0.29, 0.717) is 19.6 Å². The maximum Gasteiger partial charge on any atom is 0.416 e. The number of methoxy groups -OCH3 is 1. The van der Waals surface area contributed by atoms with Crippen LogP contribution in [0.25, 0.3) is 0 Å². The summed E-state index contributed by atoms with van der Waals surface area (Å²) >= 11 is 0. The zero-order chi connectivity index (χ0) is 23.2. The maximum atomic E-state index is 12.8. The topological polar surface area (TPSA) is 76.7 Å². The number of hydrogen-bond donors (Lipinski definition) is 2. The van der Waals surface area contributed by atoms with Crippen molar-refractivity contribution in [3.8, 4) is 5.75 Å². The fourth-order valence-corrected chi connectivity index (χ4v) is 4.57. The highest BCUT2D eigenvalue weighted by molar-refractivity contribution is 7.89. The zero-order valence-corrected chi connectivity index (χ0v) is 18.5. The first kappa shape index (κ1) is 24.5. The van der Waals surface area contributed by atoms with E-state index in [1.807, 2.05) is 0 Å². The molecular weight excluding hydrogens is 445 g/mol. The van der Waals surface area contributed by atoms with E-state index in [1.165, 1.54) is 24.3 Å². The van der Waals surface area contributed by atoms with E-state index in [1.54, 1.807) is 19.2 Å². The molecule has 1 unspecified atom stereocenters. The maximum absolute atomic E-state index is 12.8. The van der Waals surface area contributed by atoms with Gasteiger partial charge in [0, 0.05) is 26.1 Å². The lowest BCUT2D eigenvalue weighted by molar-refractivity contribution is -0.137. The number of ether oxygens (including phenoxy) is 2. The van der Waals surface area contributed by atoms with Gasteiger partial charge in [-0.25, -0.2) is 13.1 Å². The molecule has 1 saturated heterocycles. The molecule has 0 spiro atoms. The van der Waals surface area contributed by atoms with Gasteiger partial charge in [0.1, 0.15) is 11.9 Å². The molecule has 0 radical (unpaired) electrons. The molecule has 1 aliphatic heterocycles. The van der Waals surface area contributed by atoms with Crippen LogP contribution in [0.1, 0.15) is 17.5 Å². The van der Waals surface area contributed by atoms with Crippen LogP contribution in [0.3, 0.4) is 0 Å². The van der Waals surface area contributed by atoms with Gasteiger partial charge in [-0.3, -0.25) is 0 Å². The van der Waals surface area contributed by atoms with Crippen LogP contribution < -0.4 is 14.8 Å². The number of sulfonamides is 1. The largest absolute Gasteiger partial charge is 0.489 e. The van der Waals surface area contributed by atoms with Crippen LogP contribution in [-0.2, 0) is 27.4 Å². The van der Waals surface area contributed by atoms with Crippen LogP contribution in [0.2, 0.25) is 0 Å². The van der Waals surface area contributed by atoms with Crippen LogP contribution in [0.5, 0.6) is 5.75 Å². The molecule has 2 N–H and O–H groups in total. The van der Waals surface area contributed by atoms with Gasteiger partial charge in [-0.05, 0) is 61.3 Å². The molecule has 32 heavy (non-hydrogen) atoms. The molecule has 176 valence electrons. The Morgan fingerprint density at radius 2 is 1.81 bits per heavy atom. The minimum Gasteiger partial charge on any atom is -0.489 e. The molecule has 10 heteroatoms. The summed E-state index contributed by atoms with van der Waals surface area (Å²) in [5, 5.41) is 3.20. The van der Waals surface area contributed by atoms with Gasteiger partial charge in [0.2, 0.25) is 10.0 Å². The van der Waals surface area contributed by atoms with Gasteiger partial charge in [0.15, 0.2) is 0 Å². The zero-order valence-electron chi connectivity index (χ0n) is 17.7. The van der Waals surface area contributed by atoms with Crippen LogP contribution in [-0.4, -0.2) is 47.9 Å². The van der Waals surface area contributed by atoms with Crippen molar-refractivity contribution in [3.63, 3.8) is 0 Å². The molecule has 2 aromatic rings. The predicted molar refractivity (Wildman–Crippen MR) is 114 cm³/mol. The molecule has 1 fully saturated rings. The molecular formula is C22H27F3N2O4S. The molecule has 3 rings (SSSR count). The van der Waals surface area contributed by atoms with Crippen molar-refractivity contribution < 1.29 is 31.1 Å². The molecule has 0 aliphatic carbocycles. The van der Waals surface area contributed by atoms with E-state index in [4.69, 9.17) is 9.47 Å². The summed E-state index contributed by atoms with van der Waals surface area (Å²) in [6.45, 7) is 1.96. The summed E-state index contributed by atoms with van der Waals surface area (Å²) in [7, 11) is -2.17. The Balaban J connectivity index is 1.67. The summed E-state index contributed by atoms with van der Waals surface area (Å²) in [6.07, 6.45) is -3.50. The van der Waals surface area contributed by atoms with Crippen LogP contribution in [0.4, 0.5) is 13.2 Å². The van der Waals surface area contributed by atoms with Gasteiger partial charge in [-0.2, -0.15) is 13.2 Å². The van der Waals surface area contributed by atoms with E-state index < -0.39 is 27.9 Å². The monoisotopic (exact) mass is 472 g/mol. The first-order chi connectivity index (χ1) is 15.2. The smallest absolute Gasteiger partial charge is 0.416 e. The SMILES string of the molecule is COCCc1ccc(S(=O)(=O)NC[C@@H](Oc2ccc(C(F)(F)F)cc2)C2CCNC2)cc1. The molecule has 1 heterocycles. The lowest BCUT2D eigenvalue weighted by Crippen LogP contribution is -2.40. The van der Waals surface area contributed by atoms with Gasteiger partial charge >= 0.3 is 6.18 Å². The summed E-state index contributed by atoms with van der Waals surface area (Å²) < 4.78 is 77.4. The summed E-state index contributed by atoms with van der Waals surface area (Å²) in [4.78, 5) is 0.136. The van der Waals surface area contributed by atoms with Crippen molar-refractivity contribution in [2.24, 2.45) is 5.92 Å². The van der Waals surface area contributed by atoms with Crippen LogP contribution in [0.15, 0.2) is 53.4 Å². The summed E-state index contributed by atoms with van der Waals surface area (Å²) in [6, 6.07) is 11.0. The molecule has 0 aromatic heterocycles. The van der Waals surface area contributed by atoms with Crippen molar-refractivity contribution in [1.29, 1.82) is 0 Å². The van der Waals surface area contributed by atoms with Crippen molar-refractivity contribution in [3.05, 3.63) is 59.7 Å². The second-order valence-corrected chi connectivity index (χ2v) is 9.44. The quantitative estimate of drug-likeness (QED) is 0.555. The molecule has 2 atom stereocenters. The first-order valence-corrected chi connectivity index (χ1v) is 11.8. The van der Waals surface area contributed by atoms with Crippen LogP contribution in [0, 0.1) is 5.92 Å². The van der Waals surface area contributed by atoms with Gasteiger partial charge < -0.3 is 14.8 Å². The average Bonchev–Trinajstić information content (AvgIpc) is 3.30. The van der Waals surface area contributed by atoms with E-state index in [2.05, 4.69) is 10.0 Å². The fourth-order valence-electron chi connectivity index (χ4n) is 3.53. The summed E-state index contributed by atoms with van der Waals surface area (Å²) in [5.74, 6) is 0.285. The Hall–Kier alpha value is -2.14. The standard InChI is InChI=1S/C22H27F3N2O4S/c1-30-13-11-16-2-8-20(9-3-16)32(28,29)27-15-21(17-10-12-26-14-17)31-19-6-4-18(5-7-19)22(23,24)25/h2-9,17,21,26-27H,10-15H2,1H3/t17?,21-/m1/s1. The number of rotatable bonds is 10. The molecule has 0 saturated carbocycles. The first-order valence-electron chi connectivity index (χ1n) is 10.3. The Bertz CT molecular complexity index is 958. The van der Waals surface area contributed by atoms with Crippen molar-refractivity contribution >= 4 is 10.0 Å². The highest BCUT2D eigenvalue weighted by Crippen LogP contribution is 2.31. The van der Waals surface area contributed by atoms with Crippen molar-refractivity contribution in [1.82, 2.24) is 10.0 Å². The lowest BCUT2D eigenvalue weighted by Gasteiger charge is -2.25. The van der Waals surface area contributed by atoms with E-state index in [9.17, 15) is 21.6 Å². The number of benzene rings is 2. The van der Waals surface area contributed by atoms with E-state index in [-0.39, 0.29) is 23.1 Å². The second kappa shape index (κ2) is 10.7. The van der Waals surface area contributed by atoms with Gasteiger partial charge in [0.25, 0.3) is 0 Å². The lowest BCUT2D eigenvalue weighted by atomic mass is 10.0. The van der Waals surface area contributed by atoms with Gasteiger partial charge in [-0.1, -0.05) is 12.1 Å². The van der Waals surface area contributed by atoms with Gasteiger partial charge in [0.05, 0.1) is 17.1 Å². The Labute approximate surface area is 186 Å². The second-order valence-electron chi connectivity index (χ2n) is 7.67. The molecule has 2 aromatic carbocycles. The average molecular weight is 473 g/mol. The number of hydrogen-bond acceptors (Lipinski definition) is 5. The minimum atomic E-state index is -4.43. The van der Waals surface area contributed by atoms with Crippen molar-refractivity contribution in [2.75, 3.05) is 33.4 Å². The number of alkyl halides is 3. The number of halogens is 3. The van der Waals surface area contributed by atoms with E-state index in [0.717, 1.165) is 30.7 Å². The third-order valence-corrected chi connectivity index (χ3v) is 6.84. The summed E-state index contributed by atoms with van der Waals surface area (Å²) in [5.41, 5.74) is 0.199. The fraction of sp³-hybridized carbons (Fsp3) is 0.455. The normalized spacial score (nSPS) is 17.9. The Morgan fingerprint density at radius 3 is 2.38 bits per heavy atom. The predicted octanol–water partition coefficient (Wildman–Crippen LogP) is 3.23.